The summed E-state index contributed by atoms with van der Waals surface area (Å²) in [7, 11) is 2.98. The highest BCUT2D eigenvalue weighted by Crippen LogP contribution is 2.30. The summed E-state index contributed by atoms with van der Waals surface area (Å²) in [6, 6.07) is 7.38. The van der Waals surface area contributed by atoms with Crippen LogP contribution in [0.25, 0.3) is 10.6 Å². The molecule has 0 aliphatic rings. The highest BCUT2D eigenvalue weighted by atomic mass is 35.5. The van der Waals surface area contributed by atoms with Crippen molar-refractivity contribution < 1.29 is 14.3 Å². The average molecular weight is 312 g/mol. The van der Waals surface area contributed by atoms with Crippen LogP contribution in [0.1, 0.15) is 15.4 Å². The highest BCUT2D eigenvalue weighted by Gasteiger charge is 2.19. The van der Waals surface area contributed by atoms with E-state index in [0.29, 0.717) is 28.6 Å². The molecule has 0 unspecified atom stereocenters. The van der Waals surface area contributed by atoms with Crippen LogP contribution in [0.5, 0.6) is 0 Å². The van der Waals surface area contributed by atoms with Gasteiger partial charge in [-0.25, -0.2) is 9.78 Å². The fourth-order valence-electron chi connectivity index (χ4n) is 1.72. The minimum atomic E-state index is -0.373. The van der Waals surface area contributed by atoms with E-state index < -0.39 is 0 Å². The molecule has 0 aliphatic carbocycles. The number of hydrogen-bond donors (Lipinski definition) is 0. The van der Waals surface area contributed by atoms with Crippen molar-refractivity contribution in [3.8, 4) is 10.6 Å². The second-order valence-electron chi connectivity index (χ2n) is 4.04. The number of thiazole rings is 1. The predicted octanol–water partition coefficient (Wildman–Crippen LogP) is 3.44. The third-order valence-electron chi connectivity index (χ3n) is 2.68. The molecule has 106 valence electrons. The van der Waals surface area contributed by atoms with Crippen LogP contribution < -0.4 is 0 Å². The zero-order chi connectivity index (χ0) is 14.5. The van der Waals surface area contributed by atoms with Crippen LogP contribution >= 0.6 is 22.9 Å². The van der Waals surface area contributed by atoms with E-state index >= 15 is 0 Å². The lowest BCUT2D eigenvalue weighted by Gasteiger charge is -1.99. The van der Waals surface area contributed by atoms with Gasteiger partial charge in [-0.15, -0.1) is 11.3 Å². The molecule has 1 aromatic heterocycles. The fourth-order valence-corrected chi connectivity index (χ4v) is 2.93. The van der Waals surface area contributed by atoms with E-state index in [1.807, 2.05) is 18.2 Å². The van der Waals surface area contributed by atoms with Crippen molar-refractivity contribution in [2.75, 3.05) is 20.8 Å². The quantitative estimate of drug-likeness (QED) is 0.794. The molecule has 20 heavy (non-hydrogen) atoms. The fraction of sp³-hybridized carbons (Fsp3) is 0.286. The lowest BCUT2D eigenvalue weighted by molar-refractivity contribution is 0.0604. The number of halogens is 1. The minimum absolute atomic E-state index is 0.373. The van der Waals surface area contributed by atoms with Crippen molar-refractivity contribution in [2.45, 2.75) is 6.42 Å². The van der Waals surface area contributed by atoms with Crippen molar-refractivity contribution in [3.63, 3.8) is 0 Å². The molecule has 0 aliphatic heterocycles. The van der Waals surface area contributed by atoms with E-state index in [0.717, 1.165) is 10.6 Å². The number of benzene rings is 1. The largest absolute Gasteiger partial charge is 0.465 e. The van der Waals surface area contributed by atoms with Gasteiger partial charge in [0.15, 0.2) is 0 Å². The zero-order valence-corrected chi connectivity index (χ0v) is 12.8. The molecule has 0 N–H and O–H groups in total. The predicted molar refractivity (Wildman–Crippen MR) is 79.5 cm³/mol. The second-order valence-corrected chi connectivity index (χ2v) is 5.48. The van der Waals surface area contributed by atoms with Crippen molar-refractivity contribution in [1.82, 2.24) is 4.98 Å². The summed E-state index contributed by atoms with van der Waals surface area (Å²) in [5.41, 5.74) is 1.58. The first-order valence-electron chi connectivity index (χ1n) is 5.98. The number of rotatable bonds is 5. The van der Waals surface area contributed by atoms with Crippen LogP contribution in [0.2, 0.25) is 5.02 Å². The number of carbonyl (C=O) groups excluding carboxylic acids is 1. The number of nitrogens with zero attached hydrogens (tertiary/aromatic N) is 1. The number of esters is 1. The van der Waals surface area contributed by atoms with Crippen LogP contribution in [0.4, 0.5) is 0 Å². The van der Waals surface area contributed by atoms with E-state index in [4.69, 9.17) is 21.1 Å². The molecule has 2 rings (SSSR count). The molecule has 0 atom stereocenters. The number of aromatic nitrogens is 1. The van der Waals surface area contributed by atoms with Crippen LogP contribution in [0, 0.1) is 0 Å². The number of ether oxygens (including phenoxy) is 2. The summed E-state index contributed by atoms with van der Waals surface area (Å²) in [4.78, 5) is 16.8. The Kier molecular flexibility index (Phi) is 5.11. The molecule has 2 aromatic rings. The van der Waals surface area contributed by atoms with E-state index in [-0.39, 0.29) is 5.97 Å². The molecule has 0 amide bonds. The van der Waals surface area contributed by atoms with E-state index in [9.17, 15) is 4.79 Å². The van der Waals surface area contributed by atoms with Crippen LogP contribution in [-0.4, -0.2) is 31.8 Å². The SMILES string of the molecule is COCCc1nc(-c2cccc(Cl)c2)sc1C(=O)OC. The lowest BCUT2D eigenvalue weighted by atomic mass is 10.2. The number of hydrogen-bond acceptors (Lipinski definition) is 5. The van der Waals surface area contributed by atoms with Crippen molar-refractivity contribution in [2.24, 2.45) is 0 Å². The molecule has 0 saturated heterocycles. The molecule has 1 heterocycles. The van der Waals surface area contributed by atoms with Gasteiger partial charge in [-0.05, 0) is 12.1 Å². The smallest absolute Gasteiger partial charge is 0.349 e. The Hall–Kier alpha value is -1.43. The monoisotopic (exact) mass is 311 g/mol. The minimum Gasteiger partial charge on any atom is -0.465 e. The van der Waals surface area contributed by atoms with E-state index in [2.05, 4.69) is 4.98 Å². The summed E-state index contributed by atoms with van der Waals surface area (Å²) in [6.45, 7) is 0.503. The van der Waals surface area contributed by atoms with Gasteiger partial charge in [0.25, 0.3) is 0 Å². The van der Waals surface area contributed by atoms with Gasteiger partial charge in [-0.2, -0.15) is 0 Å². The molecule has 0 saturated carbocycles. The third-order valence-corrected chi connectivity index (χ3v) is 4.04. The summed E-state index contributed by atoms with van der Waals surface area (Å²) >= 11 is 7.28. The topological polar surface area (TPSA) is 48.4 Å². The Morgan fingerprint density at radius 1 is 1.40 bits per heavy atom. The molecular formula is C14H14ClNO3S. The Morgan fingerprint density at radius 3 is 2.85 bits per heavy atom. The summed E-state index contributed by atoms with van der Waals surface area (Å²) < 4.78 is 9.83. The Balaban J connectivity index is 2.40. The third kappa shape index (κ3) is 3.36. The maximum absolute atomic E-state index is 11.8. The van der Waals surface area contributed by atoms with Crippen LogP contribution in [0.3, 0.4) is 0 Å². The molecular weight excluding hydrogens is 298 g/mol. The first-order valence-corrected chi connectivity index (χ1v) is 7.18. The molecule has 0 spiro atoms. The molecule has 6 heteroatoms. The Labute approximate surface area is 126 Å². The maximum Gasteiger partial charge on any atom is 0.349 e. The van der Waals surface area contributed by atoms with Gasteiger partial charge in [0.05, 0.1) is 19.4 Å². The molecule has 1 aromatic carbocycles. The second kappa shape index (κ2) is 6.83. The maximum atomic E-state index is 11.8. The van der Waals surface area contributed by atoms with Gasteiger partial charge in [0, 0.05) is 24.1 Å². The van der Waals surface area contributed by atoms with Crippen molar-refractivity contribution in [1.29, 1.82) is 0 Å². The normalized spacial score (nSPS) is 10.6. The summed E-state index contributed by atoms with van der Waals surface area (Å²) in [5, 5.41) is 1.38. The standard InChI is InChI=1S/C14H14ClNO3S/c1-18-7-6-11-12(14(17)19-2)20-13(16-11)9-4-3-5-10(15)8-9/h3-5,8H,6-7H2,1-2H3. The van der Waals surface area contributed by atoms with Gasteiger partial charge in [0.1, 0.15) is 9.88 Å². The van der Waals surface area contributed by atoms with Crippen LogP contribution in [0.15, 0.2) is 24.3 Å². The van der Waals surface area contributed by atoms with Gasteiger partial charge in [0.2, 0.25) is 0 Å². The van der Waals surface area contributed by atoms with Crippen molar-refractivity contribution >= 4 is 28.9 Å². The molecule has 4 nitrogen and oxygen atoms in total. The Bertz CT molecular complexity index is 612. The van der Waals surface area contributed by atoms with Gasteiger partial charge < -0.3 is 9.47 Å². The molecule has 0 fully saturated rings. The molecule has 0 bridgehead atoms. The average Bonchev–Trinajstić information content (AvgIpc) is 2.88. The van der Waals surface area contributed by atoms with Gasteiger partial charge in [-0.1, -0.05) is 23.7 Å². The zero-order valence-electron chi connectivity index (χ0n) is 11.2. The van der Waals surface area contributed by atoms with Crippen LogP contribution in [-0.2, 0) is 15.9 Å². The van der Waals surface area contributed by atoms with Crippen molar-refractivity contribution in [3.05, 3.63) is 39.9 Å². The van der Waals surface area contributed by atoms with E-state index in [1.165, 1.54) is 18.4 Å². The first kappa shape index (κ1) is 15.0. The Morgan fingerprint density at radius 2 is 2.20 bits per heavy atom. The summed E-state index contributed by atoms with van der Waals surface area (Å²) in [6.07, 6.45) is 0.567. The number of carbonyl (C=O) groups is 1. The van der Waals surface area contributed by atoms with E-state index in [1.54, 1.807) is 13.2 Å². The molecule has 0 radical (unpaired) electrons. The first-order chi connectivity index (χ1) is 9.65. The highest BCUT2D eigenvalue weighted by molar-refractivity contribution is 7.17. The summed E-state index contributed by atoms with van der Waals surface area (Å²) in [5.74, 6) is -0.373. The van der Waals surface area contributed by atoms with Gasteiger partial charge >= 0.3 is 5.97 Å². The van der Waals surface area contributed by atoms with Gasteiger partial charge in [-0.3, -0.25) is 0 Å². The lowest BCUT2D eigenvalue weighted by Crippen LogP contribution is -2.05. The number of methoxy groups -OCH3 is 2.